The molecule has 1 aliphatic rings. The maximum absolute atomic E-state index is 10.6. The average Bonchev–Trinajstić information content (AvgIpc) is 2.29. The van der Waals surface area contributed by atoms with Crippen molar-refractivity contribution in [1.82, 2.24) is 5.32 Å². The molecule has 2 N–H and O–H groups in total. The van der Waals surface area contributed by atoms with Gasteiger partial charge in [0.15, 0.2) is 0 Å². The standard InChI is InChI=1S/C7H9ClN2O2/c1-3-5(8)4(2-9)6(10-3)7(11)12/h3-6,10H,1H3,(H,11,12). The van der Waals surface area contributed by atoms with Crippen molar-refractivity contribution in [3.05, 3.63) is 0 Å². The van der Waals surface area contributed by atoms with Gasteiger partial charge in [0, 0.05) is 6.04 Å². The van der Waals surface area contributed by atoms with Crippen molar-refractivity contribution in [3.8, 4) is 6.07 Å². The predicted molar refractivity (Wildman–Crippen MR) is 42.8 cm³/mol. The molecule has 0 saturated carbocycles. The second-order valence-corrected chi connectivity index (χ2v) is 3.37. The Hall–Kier alpha value is -0.790. The van der Waals surface area contributed by atoms with Crippen LogP contribution in [0.2, 0.25) is 0 Å². The first-order valence-corrected chi connectivity index (χ1v) is 4.04. The summed E-state index contributed by atoms with van der Waals surface area (Å²) in [4.78, 5) is 10.6. The predicted octanol–water partition coefficient (Wildman–Crippen LogP) is 0.178. The molecule has 0 spiro atoms. The van der Waals surface area contributed by atoms with Gasteiger partial charge in [0.05, 0.1) is 17.4 Å². The highest BCUT2D eigenvalue weighted by atomic mass is 35.5. The molecule has 0 radical (unpaired) electrons. The summed E-state index contributed by atoms with van der Waals surface area (Å²) in [5.74, 6) is -1.66. The maximum atomic E-state index is 10.6. The van der Waals surface area contributed by atoms with Crippen LogP contribution in [-0.4, -0.2) is 28.5 Å². The number of carbonyl (C=O) groups is 1. The molecule has 1 fully saturated rings. The zero-order chi connectivity index (χ0) is 9.30. The zero-order valence-corrected chi connectivity index (χ0v) is 7.25. The molecule has 1 rings (SSSR count). The number of hydrogen-bond acceptors (Lipinski definition) is 3. The fraction of sp³-hybridized carbons (Fsp3) is 0.714. The first-order valence-electron chi connectivity index (χ1n) is 3.60. The number of rotatable bonds is 1. The van der Waals surface area contributed by atoms with Crippen LogP contribution in [0, 0.1) is 17.2 Å². The number of alkyl halides is 1. The molecule has 4 atom stereocenters. The number of hydrogen-bond donors (Lipinski definition) is 2. The molecular weight excluding hydrogens is 180 g/mol. The van der Waals surface area contributed by atoms with Gasteiger partial charge in [-0.2, -0.15) is 5.26 Å². The van der Waals surface area contributed by atoms with E-state index < -0.39 is 23.3 Å². The van der Waals surface area contributed by atoms with Gasteiger partial charge in [0.25, 0.3) is 0 Å². The smallest absolute Gasteiger partial charge is 0.322 e. The van der Waals surface area contributed by atoms with Gasteiger partial charge >= 0.3 is 5.97 Å². The molecule has 0 aromatic rings. The van der Waals surface area contributed by atoms with E-state index in [-0.39, 0.29) is 6.04 Å². The first-order chi connectivity index (χ1) is 5.57. The summed E-state index contributed by atoms with van der Waals surface area (Å²) in [6, 6.07) is 0.946. The summed E-state index contributed by atoms with van der Waals surface area (Å²) in [5.41, 5.74) is 0. The SMILES string of the molecule is CC1NC(C(=O)O)C(C#N)C1Cl. The Morgan fingerprint density at radius 3 is 2.67 bits per heavy atom. The lowest BCUT2D eigenvalue weighted by molar-refractivity contribution is -0.139. The van der Waals surface area contributed by atoms with Gasteiger partial charge in [0.2, 0.25) is 0 Å². The third-order valence-electron chi connectivity index (χ3n) is 2.04. The van der Waals surface area contributed by atoms with Crippen LogP contribution in [0.1, 0.15) is 6.92 Å². The highest BCUT2D eigenvalue weighted by Gasteiger charge is 2.43. The van der Waals surface area contributed by atoms with Gasteiger partial charge in [-0.3, -0.25) is 10.1 Å². The molecule has 0 aromatic carbocycles. The molecule has 4 unspecified atom stereocenters. The van der Waals surface area contributed by atoms with Gasteiger partial charge in [-0.15, -0.1) is 11.6 Å². The Morgan fingerprint density at radius 2 is 2.33 bits per heavy atom. The fourth-order valence-electron chi connectivity index (χ4n) is 1.34. The molecule has 0 bridgehead atoms. The Morgan fingerprint density at radius 1 is 1.75 bits per heavy atom. The minimum Gasteiger partial charge on any atom is -0.480 e. The van der Waals surface area contributed by atoms with Crippen LogP contribution in [-0.2, 0) is 4.79 Å². The van der Waals surface area contributed by atoms with E-state index in [1.54, 1.807) is 6.92 Å². The summed E-state index contributed by atoms with van der Waals surface area (Å²) in [6.07, 6.45) is 0. The molecule has 0 amide bonds. The molecule has 1 aliphatic heterocycles. The minimum absolute atomic E-state index is 0.127. The van der Waals surface area contributed by atoms with Crippen molar-refractivity contribution >= 4 is 17.6 Å². The number of nitriles is 1. The van der Waals surface area contributed by atoms with Gasteiger partial charge in [0.1, 0.15) is 6.04 Å². The Labute approximate surface area is 75.1 Å². The van der Waals surface area contributed by atoms with Crippen molar-refractivity contribution in [2.24, 2.45) is 5.92 Å². The number of nitrogens with one attached hydrogen (secondary N) is 1. The molecule has 0 aliphatic carbocycles. The van der Waals surface area contributed by atoms with E-state index in [0.717, 1.165) is 0 Å². The Kier molecular flexibility index (Phi) is 2.55. The summed E-state index contributed by atoms with van der Waals surface area (Å²) in [6.45, 7) is 1.77. The molecule has 4 nitrogen and oxygen atoms in total. The third-order valence-corrected chi connectivity index (χ3v) is 2.69. The normalized spacial score (nSPS) is 40.8. The summed E-state index contributed by atoms with van der Waals surface area (Å²) in [5, 5.41) is 19.6. The van der Waals surface area contributed by atoms with Crippen LogP contribution in [0.5, 0.6) is 0 Å². The van der Waals surface area contributed by atoms with Gasteiger partial charge in [-0.1, -0.05) is 0 Å². The summed E-state index contributed by atoms with van der Waals surface area (Å²) >= 11 is 5.82. The number of nitrogens with zero attached hydrogens (tertiary/aromatic N) is 1. The van der Waals surface area contributed by atoms with Crippen LogP contribution in [0.25, 0.3) is 0 Å². The van der Waals surface area contributed by atoms with Crippen LogP contribution < -0.4 is 5.32 Å². The molecule has 5 heteroatoms. The van der Waals surface area contributed by atoms with E-state index in [1.165, 1.54) is 0 Å². The van der Waals surface area contributed by atoms with Gasteiger partial charge in [-0.05, 0) is 6.92 Å². The number of carboxylic acids is 1. The third kappa shape index (κ3) is 1.38. The van der Waals surface area contributed by atoms with E-state index in [9.17, 15) is 4.79 Å². The van der Waals surface area contributed by atoms with Crippen molar-refractivity contribution in [3.63, 3.8) is 0 Å². The van der Waals surface area contributed by atoms with Crippen LogP contribution in [0.3, 0.4) is 0 Å². The first kappa shape index (κ1) is 9.30. The van der Waals surface area contributed by atoms with E-state index in [4.69, 9.17) is 22.0 Å². The Balaban J connectivity index is 2.80. The maximum Gasteiger partial charge on any atom is 0.322 e. The molecule has 0 aromatic heterocycles. The lowest BCUT2D eigenvalue weighted by Crippen LogP contribution is -2.37. The van der Waals surface area contributed by atoms with E-state index >= 15 is 0 Å². The second kappa shape index (κ2) is 3.30. The lowest BCUT2D eigenvalue weighted by atomic mass is 10.0. The van der Waals surface area contributed by atoms with Crippen LogP contribution >= 0.6 is 11.6 Å². The molecule has 1 heterocycles. The summed E-state index contributed by atoms with van der Waals surface area (Å²) in [7, 11) is 0. The monoisotopic (exact) mass is 188 g/mol. The van der Waals surface area contributed by atoms with Gasteiger partial charge in [-0.25, -0.2) is 0 Å². The molecule has 1 saturated heterocycles. The Bertz CT molecular complexity index is 238. The van der Waals surface area contributed by atoms with Crippen molar-refractivity contribution in [2.45, 2.75) is 24.4 Å². The van der Waals surface area contributed by atoms with E-state index in [2.05, 4.69) is 5.32 Å². The molecular formula is C7H9ClN2O2. The fourth-order valence-corrected chi connectivity index (χ4v) is 1.62. The van der Waals surface area contributed by atoms with Crippen molar-refractivity contribution < 1.29 is 9.90 Å². The van der Waals surface area contributed by atoms with Crippen LogP contribution in [0.4, 0.5) is 0 Å². The largest absolute Gasteiger partial charge is 0.480 e. The zero-order valence-electron chi connectivity index (χ0n) is 6.49. The molecule has 12 heavy (non-hydrogen) atoms. The molecule has 66 valence electrons. The minimum atomic E-state index is -1.02. The number of carboxylic acid groups (broad SMARTS) is 1. The van der Waals surface area contributed by atoms with Crippen molar-refractivity contribution in [2.75, 3.05) is 0 Å². The highest BCUT2D eigenvalue weighted by molar-refractivity contribution is 6.22. The van der Waals surface area contributed by atoms with E-state index in [0.29, 0.717) is 0 Å². The van der Waals surface area contributed by atoms with Crippen LogP contribution in [0.15, 0.2) is 0 Å². The lowest BCUT2D eigenvalue weighted by Gasteiger charge is -2.07. The topological polar surface area (TPSA) is 73.1 Å². The van der Waals surface area contributed by atoms with Gasteiger partial charge < -0.3 is 5.11 Å². The van der Waals surface area contributed by atoms with E-state index in [1.807, 2.05) is 6.07 Å². The number of halogens is 1. The van der Waals surface area contributed by atoms with Crippen molar-refractivity contribution in [1.29, 1.82) is 5.26 Å². The summed E-state index contributed by atoms with van der Waals surface area (Å²) < 4.78 is 0. The average molecular weight is 189 g/mol. The quantitative estimate of drug-likeness (QED) is 0.576. The highest BCUT2D eigenvalue weighted by Crippen LogP contribution is 2.25. The second-order valence-electron chi connectivity index (χ2n) is 2.87. The number of aliphatic carboxylic acids is 1.